The summed E-state index contributed by atoms with van der Waals surface area (Å²) in [7, 11) is 0. The lowest BCUT2D eigenvalue weighted by Gasteiger charge is -2.20. The van der Waals surface area contributed by atoms with Crippen LogP contribution in [-0.2, 0) is 14.3 Å². The molecule has 1 aliphatic carbocycles. The highest BCUT2D eigenvalue weighted by molar-refractivity contribution is 5.72. The lowest BCUT2D eigenvalue weighted by Crippen LogP contribution is -2.25. The smallest absolute Gasteiger partial charge is 0.306 e. The van der Waals surface area contributed by atoms with Crippen LogP contribution in [0.3, 0.4) is 0 Å². The van der Waals surface area contributed by atoms with Gasteiger partial charge in [0.1, 0.15) is 5.60 Å². The van der Waals surface area contributed by atoms with Crippen molar-refractivity contribution in [3.63, 3.8) is 0 Å². The summed E-state index contributed by atoms with van der Waals surface area (Å²) in [6.45, 7) is 5.50. The summed E-state index contributed by atoms with van der Waals surface area (Å²) in [5.41, 5.74) is -0.456. The van der Waals surface area contributed by atoms with Crippen molar-refractivity contribution in [2.24, 2.45) is 11.8 Å². The van der Waals surface area contributed by atoms with E-state index in [9.17, 15) is 9.59 Å². The molecule has 0 aromatic rings. The van der Waals surface area contributed by atoms with Gasteiger partial charge in [0.25, 0.3) is 0 Å². The number of esters is 1. The number of ether oxygens (including phenoxy) is 1. The Bertz CT molecular complexity index is 277. The van der Waals surface area contributed by atoms with Crippen LogP contribution in [0.15, 0.2) is 0 Å². The van der Waals surface area contributed by atoms with Crippen LogP contribution in [0.25, 0.3) is 0 Å². The quantitative estimate of drug-likeness (QED) is 0.752. The highest BCUT2D eigenvalue weighted by Crippen LogP contribution is 2.33. The predicted molar refractivity (Wildman–Crippen MR) is 58.9 cm³/mol. The topological polar surface area (TPSA) is 63.6 Å². The van der Waals surface area contributed by atoms with E-state index < -0.39 is 11.6 Å². The summed E-state index contributed by atoms with van der Waals surface area (Å²) >= 11 is 0. The number of hydrogen-bond acceptors (Lipinski definition) is 3. The Hall–Kier alpha value is -1.06. The molecule has 0 aromatic heterocycles. The first-order chi connectivity index (χ1) is 7.28. The van der Waals surface area contributed by atoms with Gasteiger partial charge in [-0.25, -0.2) is 0 Å². The molecule has 1 fully saturated rings. The number of carboxylic acid groups (broad SMARTS) is 1. The monoisotopic (exact) mass is 228 g/mol. The summed E-state index contributed by atoms with van der Waals surface area (Å²) in [5.74, 6) is -1.06. The molecular weight excluding hydrogens is 208 g/mol. The minimum absolute atomic E-state index is 0.177. The molecule has 0 spiro atoms. The molecule has 4 heteroatoms. The number of carbonyl (C=O) groups is 2. The van der Waals surface area contributed by atoms with Gasteiger partial charge in [-0.05, 0) is 46.0 Å². The Morgan fingerprint density at radius 2 is 1.94 bits per heavy atom. The van der Waals surface area contributed by atoms with Crippen molar-refractivity contribution < 1.29 is 19.4 Å². The van der Waals surface area contributed by atoms with Gasteiger partial charge in [0.15, 0.2) is 0 Å². The number of rotatable bonds is 3. The third kappa shape index (κ3) is 4.21. The van der Waals surface area contributed by atoms with E-state index in [2.05, 4.69) is 0 Å². The first-order valence-electron chi connectivity index (χ1n) is 5.72. The summed E-state index contributed by atoms with van der Waals surface area (Å²) < 4.78 is 5.21. The molecule has 0 heterocycles. The first-order valence-corrected chi connectivity index (χ1v) is 5.72. The van der Waals surface area contributed by atoms with Gasteiger partial charge in [-0.3, -0.25) is 9.59 Å². The SMILES string of the molecule is CC(C)(C)OC(=O)C[C@H]1CC[C@@H](C(=O)O)C1. The van der Waals surface area contributed by atoms with E-state index in [4.69, 9.17) is 9.84 Å². The largest absolute Gasteiger partial charge is 0.481 e. The summed E-state index contributed by atoms with van der Waals surface area (Å²) in [4.78, 5) is 22.3. The van der Waals surface area contributed by atoms with E-state index in [0.29, 0.717) is 19.3 Å². The second-order valence-corrected chi connectivity index (χ2v) is 5.50. The van der Waals surface area contributed by atoms with Crippen LogP contribution in [0.5, 0.6) is 0 Å². The molecule has 4 nitrogen and oxygen atoms in total. The number of carbonyl (C=O) groups excluding carboxylic acids is 1. The molecular formula is C12H20O4. The number of hydrogen-bond donors (Lipinski definition) is 1. The number of aliphatic carboxylic acids is 1. The molecule has 0 saturated heterocycles. The highest BCUT2D eigenvalue weighted by atomic mass is 16.6. The predicted octanol–water partition coefficient (Wildman–Crippen LogP) is 2.22. The second kappa shape index (κ2) is 4.85. The molecule has 92 valence electrons. The van der Waals surface area contributed by atoms with Crippen molar-refractivity contribution in [2.45, 2.75) is 52.1 Å². The average molecular weight is 228 g/mol. The Kier molecular flexibility index (Phi) is 3.94. The molecule has 1 aliphatic rings. The maximum absolute atomic E-state index is 11.5. The number of carboxylic acids is 1. The standard InChI is InChI=1S/C12H20O4/c1-12(2,3)16-10(13)7-8-4-5-9(6-8)11(14)15/h8-9H,4-7H2,1-3H3,(H,14,15)/t8-,9+/m0/s1. The van der Waals surface area contributed by atoms with Crippen molar-refractivity contribution in [1.82, 2.24) is 0 Å². The molecule has 16 heavy (non-hydrogen) atoms. The van der Waals surface area contributed by atoms with Gasteiger partial charge in [0.2, 0.25) is 0 Å². The fourth-order valence-electron chi connectivity index (χ4n) is 2.10. The van der Waals surface area contributed by atoms with Crippen LogP contribution < -0.4 is 0 Å². The molecule has 2 atom stereocenters. The van der Waals surface area contributed by atoms with Gasteiger partial charge in [-0.15, -0.1) is 0 Å². The Morgan fingerprint density at radius 1 is 1.31 bits per heavy atom. The molecule has 0 bridgehead atoms. The third-order valence-corrected chi connectivity index (χ3v) is 2.77. The van der Waals surface area contributed by atoms with Crippen LogP contribution in [0, 0.1) is 11.8 Å². The molecule has 0 aliphatic heterocycles. The fourth-order valence-corrected chi connectivity index (χ4v) is 2.10. The van der Waals surface area contributed by atoms with Crippen LogP contribution in [-0.4, -0.2) is 22.6 Å². The summed E-state index contributed by atoms with van der Waals surface area (Å²) in [6.07, 6.45) is 2.45. The van der Waals surface area contributed by atoms with Gasteiger partial charge < -0.3 is 9.84 Å². The van der Waals surface area contributed by atoms with E-state index >= 15 is 0 Å². The Balaban J connectivity index is 2.34. The minimum Gasteiger partial charge on any atom is -0.481 e. The minimum atomic E-state index is -0.744. The lowest BCUT2D eigenvalue weighted by atomic mass is 10.0. The normalized spacial score (nSPS) is 25.4. The van der Waals surface area contributed by atoms with Crippen LogP contribution in [0.1, 0.15) is 46.5 Å². The van der Waals surface area contributed by atoms with Crippen LogP contribution >= 0.6 is 0 Å². The lowest BCUT2D eigenvalue weighted by molar-refractivity contribution is -0.156. The van der Waals surface area contributed by atoms with Crippen LogP contribution in [0.2, 0.25) is 0 Å². The van der Waals surface area contributed by atoms with Gasteiger partial charge in [-0.2, -0.15) is 0 Å². The van der Waals surface area contributed by atoms with Gasteiger partial charge >= 0.3 is 11.9 Å². The van der Waals surface area contributed by atoms with Gasteiger partial charge in [-0.1, -0.05) is 0 Å². The van der Waals surface area contributed by atoms with E-state index in [-0.39, 0.29) is 17.8 Å². The first kappa shape index (κ1) is 13.0. The van der Waals surface area contributed by atoms with Gasteiger partial charge in [0, 0.05) is 6.42 Å². The molecule has 0 unspecified atom stereocenters. The second-order valence-electron chi connectivity index (χ2n) is 5.50. The average Bonchev–Trinajstić information content (AvgIpc) is 2.48. The Labute approximate surface area is 96.0 Å². The molecule has 0 radical (unpaired) electrons. The van der Waals surface area contributed by atoms with Crippen molar-refractivity contribution in [3.05, 3.63) is 0 Å². The van der Waals surface area contributed by atoms with Crippen molar-refractivity contribution >= 4 is 11.9 Å². The zero-order valence-corrected chi connectivity index (χ0v) is 10.2. The van der Waals surface area contributed by atoms with Crippen molar-refractivity contribution in [1.29, 1.82) is 0 Å². The van der Waals surface area contributed by atoms with Crippen molar-refractivity contribution in [2.75, 3.05) is 0 Å². The molecule has 0 amide bonds. The van der Waals surface area contributed by atoms with Crippen molar-refractivity contribution in [3.8, 4) is 0 Å². The molecule has 0 aromatic carbocycles. The molecule has 1 saturated carbocycles. The summed E-state index contributed by atoms with van der Waals surface area (Å²) in [5, 5.41) is 8.84. The zero-order valence-electron chi connectivity index (χ0n) is 10.2. The van der Waals surface area contributed by atoms with E-state index in [1.165, 1.54) is 0 Å². The fraction of sp³-hybridized carbons (Fsp3) is 0.833. The third-order valence-electron chi connectivity index (χ3n) is 2.77. The van der Waals surface area contributed by atoms with E-state index in [1.54, 1.807) is 0 Å². The Morgan fingerprint density at radius 3 is 2.38 bits per heavy atom. The summed E-state index contributed by atoms with van der Waals surface area (Å²) in [6, 6.07) is 0. The van der Waals surface area contributed by atoms with Crippen LogP contribution in [0.4, 0.5) is 0 Å². The van der Waals surface area contributed by atoms with Gasteiger partial charge in [0.05, 0.1) is 5.92 Å². The van der Waals surface area contributed by atoms with E-state index in [0.717, 1.165) is 6.42 Å². The van der Waals surface area contributed by atoms with E-state index in [1.807, 2.05) is 20.8 Å². The maximum Gasteiger partial charge on any atom is 0.306 e. The highest BCUT2D eigenvalue weighted by Gasteiger charge is 2.31. The zero-order chi connectivity index (χ0) is 12.3. The maximum atomic E-state index is 11.5. The molecule has 1 rings (SSSR count). The molecule has 1 N–H and O–H groups in total.